The predicted molar refractivity (Wildman–Crippen MR) is 107 cm³/mol. The summed E-state index contributed by atoms with van der Waals surface area (Å²) in [7, 11) is 0. The van der Waals surface area contributed by atoms with E-state index >= 15 is 0 Å². The third kappa shape index (κ3) is 4.34. The molecule has 0 saturated carbocycles. The van der Waals surface area contributed by atoms with Gasteiger partial charge in [0.15, 0.2) is 11.0 Å². The molecule has 1 aromatic carbocycles. The number of benzene rings is 1. The van der Waals surface area contributed by atoms with Gasteiger partial charge in [0.25, 0.3) is 0 Å². The average molecular weight is 387 g/mol. The molecule has 136 valence electrons. The maximum Gasteiger partial charge on any atom is 0.233 e. The lowest BCUT2D eigenvalue weighted by Gasteiger charge is -2.12. The van der Waals surface area contributed by atoms with Crippen molar-refractivity contribution < 1.29 is 4.79 Å². The van der Waals surface area contributed by atoms with E-state index in [9.17, 15) is 4.79 Å². The van der Waals surface area contributed by atoms with Gasteiger partial charge in [-0.1, -0.05) is 47.7 Å². The molecule has 3 rings (SSSR count). The third-order valence-corrected chi connectivity index (χ3v) is 5.96. The van der Waals surface area contributed by atoms with Crippen molar-refractivity contribution in [3.63, 3.8) is 0 Å². The average Bonchev–Trinajstić information content (AvgIpc) is 3.30. The van der Waals surface area contributed by atoms with Gasteiger partial charge in [0, 0.05) is 13.1 Å². The van der Waals surface area contributed by atoms with Crippen molar-refractivity contribution >= 4 is 29.0 Å². The first-order valence-corrected chi connectivity index (χ1v) is 10.3. The highest BCUT2D eigenvalue weighted by Gasteiger charge is 2.20. The fourth-order valence-corrected chi connectivity index (χ4v) is 4.15. The van der Waals surface area contributed by atoms with E-state index in [1.165, 1.54) is 17.3 Å². The Labute approximate surface area is 161 Å². The van der Waals surface area contributed by atoms with Gasteiger partial charge in [-0.05, 0) is 37.8 Å². The van der Waals surface area contributed by atoms with E-state index in [1.54, 1.807) is 11.3 Å². The molecular formula is C19H22N4OS2. The normalized spacial score (nSPS) is 12.1. The molecule has 0 radical (unpaired) electrons. The number of amides is 1. The third-order valence-electron chi connectivity index (χ3n) is 4.01. The summed E-state index contributed by atoms with van der Waals surface area (Å²) >= 11 is 3.08. The van der Waals surface area contributed by atoms with Crippen molar-refractivity contribution in [1.29, 1.82) is 0 Å². The van der Waals surface area contributed by atoms with Crippen LogP contribution in [-0.2, 0) is 17.9 Å². The zero-order chi connectivity index (χ0) is 18.5. The fraction of sp³-hybridized carbons (Fsp3) is 0.316. The summed E-state index contributed by atoms with van der Waals surface area (Å²) in [5.41, 5.74) is 2.31. The first-order valence-electron chi connectivity index (χ1n) is 8.55. The molecule has 1 N–H and O–H groups in total. The molecule has 0 aliphatic heterocycles. The molecule has 0 fully saturated rings. The highest BCUT2D eigenvalue weighted by molar-refractivity contribution is 8.00. The van der Waals surface area contributed by atoms with Gasteiger partial charge in [0.2, 0.25) is 5.91 Å². The SMILES string of the molecule is CCn1c(S[C@H](C)C(=O)NCc2ccc(C)cc2)nnc1-c1cccs1. The number of aromatic nitrogens is 3. The van der Waals surface area contributed by atoms with Crippen LogP contribution in [0, 0.1) is 6.92 Å². The number of carbonyl (C=O) groups is 1. The number of thioether (sulfide) groups is 1. The smallest absolute Gasteiger partial charge is 0.233 e. The number of nitrogens with one attached hydrogen (secondary N) is 1. The fourth-order valence-electron chi connectivity index (χ4n) is 2.50. The molecule has 5 nitrogen and oxygen atoms in total. The van der Waals surface area contributed by atoms with E-state index in [1.807, 2.05) is 36.6 Å². The number of hydrogen-bond donors (Lipinski definition) is 1. The van der Waals surface area contributed by atoms with Crippen LogP contribution in [0.5, 0.6) is 0 Å². The lowest BCUT2D eigenvalue weighted by Crippen LogP contribution is -2.30. The van der Waals surface area contributed by atoms with Crippen LogP contribution in [-0.4, -0.2) is 25.9 Å². The van der Waals surface area contributed by atoms with Gasteiger partial charge in [-0.15, -0.1) is 21.5 Å². The maximum absolute atomic E-state index is 12.4. The van der Waals surface area contributed by atoms with Crippen molar-refractivity contribution in [2.24, 2.45) is 0 Å². The molecule has 0 aliphatic rings. The minimum atomic E-state index is -0.244. The van der Waals surface area contributed by atoms with Crippen molar-refractivity contribution in [3.8, 4) is 10.7 Å². The zero-order valence-electron chi connectivity index (χ0n) is 15.1. The molecule has 0 aliphatic carbocycles. The van der Waals surface area contributed by atoms with Gasteiger partial charge in [-0.25, -0.2) is 0 Å². The molecule has 7 heteroatoms. The summed E-state index contributed by atoms with van der Waals surface area (Å²) in [6.07, 6.45) is 0. The van der Waals surface area contributed by atoms with Crippen molar-refractivity contribution in [2.75, 3.05) is 0 Å². The Hall–Kier alpha value is -2.12. The molecule has 2 aromatic heterocycles. The Kier molecular flexibility index (Phi) is 6.11. The molecule has 26 heavy (non-hydrogen) atoms. The van der Waals surface area contributed by atoms with E-state index in [2.05, 4.69) is 46.1 Å². The summed E-state index contributed by atoms with van der Waals surface area (Å²) in [5, 5.41) is 14.2. The number of carbonyl (C=O) groups excluding carboxylic acids is 1. The summed E-state index contributed by atoms with van der Waals surface area (Å²) < 4.78 is 2.06. The molecule has 0 spiro atoms. The number of rotatable bonds is 7. The first-order chi connectivity index (χ1) is 12.6. The van der Waals surface area contributed by atoms with E-state index in [-0.39, 0.29) is 11.2 Å². The lowest BCUT2D eigenvalue weighted by molar-refractivity contribution is -0.120. The number of thiophene rings is 1. The monoisotopic (exact) mass is 386 g/mol. The summed E-state index contributed by atoms with van der Waals surface area (Å²) in [5.74, 6) is 0.858. The van der Waals surface area contributed by atoms with E-state index in [4.69, 9.17) is 0 Å². The summed E-state index contributed by atoms with van der Waals surface area (Å²) in [6.45, 7) is 7.31. The molecule has 1 atom stereocenters. The van der Waals surface area contributed by atoms with Crippen molar-refractivity contribution in [2.45, 2.75) is 44.3 Å². The van der Waals surface area contributed by atoms with Crippen LogP contribution >= 0.6 is 23.1 Å². The maximum atomic E-state index is 12.4. The van der Waals surface area contributed by atoms with Gasteiger partial charge in [-0.2, -0.15) is 0 Å². The van der Waals surface area contributed by atoms with E-state index in [0.717, 1.165) is 28.0 Å². The number of hydrogen-bond acceptors (Lipinski definition) is 5. The summed E-state index contributed by atoms with van der Waals surface area (Å²) in [6, 6.07) is 12.2. The quantitative estimate of drug-likeness (QED) is 0.620. The largest absolute Gasteiger partial charge is 0.351 e. The van der Waals surface area contributed by atoms with Crippen molar-refractivity contribution in [3.05, 3.63) is 52.9 Å². The molecule has 0 bridgehead atoms. The molecule has 2 heterocycles. The second kappa shape index (κ2) is 8.51. The van der Waals surface area contributed by atoms with Crippen LogP contribution in [0.3, 0.4) is 0 Å². The van der Waals surface area contributed by atoms with Crippen LogP contribution in [0.2, 0.25) is 0 Å². The Morgan fingerprint density at radius 1 is 1.27 bits per heavy atom. The number of aryl methyl sites for hydroxylation is 1. The standard InChI is InChI=1S/C19H22N4OS2/c1-4-23-17(16-6-5-11-25-16)21-22-19(23)26-14(3)18(24)20-12-15-9-7-13(2)8-10-15/h5-11,14H,4,12H2,1-3H3,(H,20,24)/t14-/m1/s1. The first kappa shape index (κ1) is 18.7. The molecule has 0 unspecified atom stereocenters. The van der Waals surface area contributed by atoms with Crippen LogP contribution in [0.15, 0.2) is 46.9 Å². The Morgan fingerprint density at radius 2 is 2.04 bits per heavy atom. The van der Waals surface area contributed by atoms with Crippen LogP contribution in [0.1, 0.15) is 25.0 Å². The van der Waals surface area contributed by atoms with Crippen molar-refractivity contribution in [1.82, 2.24) is 20.1 Å². The minimum absolute atomic E-state index is 0.00102. The molecular weight excluding hydrogens is 364 g/mol. The topological polar surface area (TPSA) is 59.8 Å². The second-order valence-electron chi connectivity index (χ2n) is 5.99. The summed E-state index contributed by atoms with van der Waals surface area (Å²) in [4.78, 5) is 13.5. The number of nitrogens with zero attached hydrogens (tertiary/aromatic N) is 3. The van der Waals surface area contributed by atoms with Crippen LogP contribution < -0.4 is 5.32 Å². The van der Waals surface area contributed by atoms with Crippen LogP contribution in [0.4, 0.5) is 0 Å². The molecule has 0 saturated heterocycles. The predicted octanol–water partition coefficient (Wildman–Crippen LogP) is 4.13. The Balaban J connectivity index is 1.63. The van der Waals surface area contributed by atoms with Crippen LogP contribution in [0.25, 0.3) is 10.7 Å². The lowest BCUT2D eigenvalue weighted by atomic mass is 10.1. The van der Waals surface area contributed by atoms with Gasteiger partial charge in [0.05, 0.1) is 10.1 Å². The highest BCUT2D eigenvalue weighted by atomic mass is 32.2. The van der Waals surface area contributed by atoms with Gasteiger partial charge < -0.3 is 9.88 Å². The highest BCUT2D eigenvalue weighted by Crippen LogP contribution is 2.29. The second-order valence-corrected chi connectivity index (χ2v) is 8.25. The molecule has 1 amide bonds. The van der Waals surface area contributed by atoms with Gasteiger partial charge >= 0.3 is 0 Å². The van der Waals surface area contributed by atoms with Gasteiger partial charge in [-0.3, -0.25) is 4.79 Å². The van der Waals surface area contributed by atoms with E-state index < -0.39 is 0 Å². The minimum Gasteiger partial charge on any atom is -0.351 e. The van der Waals surface area contributed by atoms with Gasteiger partial charge in [0.1, 0.15) is 0 Å². The zero-order valence-corrected chi connectivity index (χ0v) is 16.7. The Bertz CT molecular complexity index is 856. The molecule has 3 aromatic rings. The Morgan fingerprint density at radius 3 is 2.69 bits per heavy atom. The van der Waals surface area contributed by atoms with E-state index in [0.29, 0.717) is 6.54 Å².